The number of anilines is 1. The molecule has 0 saturated carbocycles. The van der Waals surface area contributed by atoms with Crippen LogP contribution in [-0.4, -0.2) is 66.0 Å². The molecule has 3 heterocycles. The molecule has 146 valence electrons. The minimum absolute atomic E-state index is 0.115. The highest BCUT2D eigenvalue weighted by atomic mass is 16.2. The Kier molecular flexibility index (Phi) is 6.02. The number of piperazine rings is 1. The molecular formula is C23H28N4O. The van der Waals surface area contributed by atoms with E-state index in [9.17, 15) is 4.79 Å². The largest absolute Gasteiger partial charge is 0.369 e. The number of aromatic nitrogens is 1. The molecule has 0 spiro atoms. The van der Waals surface area contributed by atoms with Gasteiger partial charge in [0.05, 0.1) is 0 Å². The molecule has 28 heavy (non-hydrogen) atoms. The molecule has 1 amide bonds. The van der Waals surface area contributed by atoms with Crippen LogP contribution in [0.4, 0.5) is 5.69 Å². The standard InChI is InChI=1S/C23H28N4O/c28-23(9-8-20-10-12-24-13-11-20)27-14-4-7-22(19-27)26-17-15-25(16-18-26)21-5-2-1-3-6-21/h1-3,5-6,8-13,22H,4,7,14-19H2/b9-8+. The Bertz CT molecular complexity index is 785. The van der Waals surface area contributed by atoms with Crippen molar-refractivity contribution in [3.63, 3.8) is 0 Å². The number of amides is 1. The van der Waals surface area contributed by atoms with E-state index < -0.39 is 0 Å². The molecule has 1 aromatic heterocycles. The van der Waals surface area contributed by atoms with Gasteiger partial charge in [-0.25, -0.2) is 0 Å². The maximum absolute atomic E-state index is 12.6. The monoisotopic (exact) mass is 376 g/mol. The first-order chi connectivity index (χ1) is 13.8. The maximum Gasteiger partial charge on any atom is 0.246 e. The van der Waals surface area contributed by atoms with Crippen LogP contribution < -0.4 is 4.90 Å². The van der Waals surface area contributed by atoms with Crippen molar-refractivity contribution >= 4 is 17.7 Å². The molecule has 2 aliphatic heterocycles. The van der Waals surface area contributed by atoms with Crippen molar-refractivity contribution in [3.8, 4) is 0 Å². The van der Waals surface area contributed by atoms with Crippen LogP contribution in [0.15, 0.2) is 60.9 Å². The predicted octanol–water partition coefficient (Wildman–Crippen LogP) is 2.91. The van der Waals surface area contributed by atoms with E-state index in [1.807, 2.05) is 23.1 Å². The Hall–Kier alpha value is -2.66. The molecule has 0 bridgehead atoms. The van der Waals surface area contributed by atoms with E-state index >= 15 is 0 Å². The number of para-hydroxylation sites is 1. The van der Waals surface area contributed by atoms with Crippen molar-refractivity contribution in [3.05, 3.63) is 66.5 Å². The third-order valence-electron chi connectivity index (χ3n) is 5.78. The number of carbonyl (C=O) groups is 1. The van der Waals surface area contributed by atoms with Crippen LogP contribution in [0.25, 0.3) is 6.08 Å². The zero-order valence-electron chi connectivity index (χ0n) is 16.3. The molecular weight excluding hydrogens is 348 g/mol. The van der Waals surface area contributed by atoms with Gasteiger partial charge >= 0.3 is 0 Å². The summed E-state index contributed by atoms with van der Waals surface area (Å²) < 4.78 is 0. The number of carbonyl (C=O) groups excluding carboxylic acids is 1. The van der Waals surface area contributed by atoms with Crippen LogP contribution in [0.1, 0.15) is 18.4 Å². The summed E-state index contributed by atoms with van der Waals surface area (Å²) in [7, 11) is 0. The zero-order chi connectivity index (χ0) is 19.2. The van der Waals surface area contributed by atoms with Gasteiger partial charge in [-0.1, -0.05) is 18.2 Å². The lowest BCUT2D eigenvalue weighted by molar-refractivity contribution is -0.128. The quantitative estimate of drug-likeness (QED) is 0.770. The number of nitrogens with zero attached hydrogens (tertiary/aromatic N) is 4. The summed E-state index contributed by atoms with van der Waals surface area (Å²) in [5.74, 6) is 0.115. The number of pyridine rings is 1. The molecule has 0 aliphatic carbocycles. The zero-order valence-corrected chi connectivity index (χ0v) is 16.3. The van der Waals surface area contributed by atoms with Crippen molar-refractivity contribution < 1.29 is 4.79 Å². The molecule has 0 N–H and O–H groups in total. The number of benzene rings is 1. The average Bonchev–Trinajstić information content (AvgIpc) is 2.79. The van der Waals surface area contributed by atoms with Gasteiger partial charge in [-0.15, -0.1) is 0 Å². The lowest BCUT2D eigenvalue weighted by Crippen LogP contribution is -2.55. The summed E-state index contributed by atoms with van der Waals surface area (Å²) in [4.78, 5) is 23.7. The summed E-state index contributed by atoms with van der Waals surface area (Å²) in [6.45, 7) is 5.93. The Balaban J connectivity index is 1.30. The first-order valence-electron chi connectivity index (χ1n) is 10.2. The fraction of sp³-hybridized carbons (Fsp3) is 0.391. The van der Waals surface area contributed by atoms with Gasteiger partial charge in [-0.2, -0.15) is 0 Å². The van der Waals surface area contributed by atoms with E-state index in [2.05, 4.69) is 45.1 Å². The predicted molar refractivity (Wildman–Crippen MR) is 113 cm³/mol. The third-order valence-corrected chi connectivity index (χ3v) is 5.78. The summed E-state index contributed by atoms with van der Waals surface area (Å²) in [6.07, 6.45) is 9.34. The molecule has 5 nitrogen and oxygen atoms in total. The van der Waals surface area contributed by atoms with E-state index in [4.69, 9.17) is 0 Å². The van der Waals surface area contributed by atoms with E-state index in [0.717, 1.165) is 51.3 Å². The van der Waals surface area contributed by atoms with Crippen molar-refractivity contribution in [1.29, 1.82) is 0 Å². The van der Waals surface area contributed by atoms with Gasteiger partial charge in [0.15, 0.2) is 0 Å². The van der Waals surface area contributed by atoms with Crippen LogP contribution in [0.2, 0.25) is 0 Å². The van der Waals surface area contributed by atoms with Crippen molar-refractivity contribution in [2.24, 2.45) is 0 Å². The van der Waals surface area contributed by atoms with E-state index in [-0.39, 0.29) is 5.91 Å². The molecule has 1 aromatic carbocycles. The normalized spacial score (nSPS) is 21.2. The van der Waals surface area contributed by atoms with Gasteiger partial charge < -0.3 is 9.80 Å². The van der Waals surface area contributed by atoms with Crippen LogP contribution in [0.5, 0.6) is 0 Å². The summed E-state index contributed by atoms with van der Waals surface area (Å²) in [5, 5.41) is 0. The summed E-state index contributed by atoms with van der Waals surface area (Å²) in [6, 6.07) is 14.9. The molecule has 2 aliphatic rings. The first-order valence-corrected chi connectivity index (χ1v) is 10.2. The van der Waals surface area contributed by atoms with Gasteiger partial charge in [0, 0.05) is 69.5 Å². The van der Waals surface area contributed by atoms with E-state index in [0.29, 0.717) is 6.04 Å². The molecule has 0 radical (unpaired) electrons. The van der Waals surface area contributed by atoms with Gasteiger partial charge in [0.2, 0.25) is 5.91 Å². The van der Waals surface area contributed by atoms with E-state index in [1.165, 1.54) is 12.1 Å². The second-order valence-corrected chi connectivity index (χ2v) is 7.55. The number of likely N-dealkylation sites (tertiary alicyclic amines) is 1. The summed E-state index contributed by atoms with van der Waals surface area (Å²) >= 11 is 0. The van der Waals surface area contributed by atoms with Crippen LogP contribution in [0.3, 0.4) is 0 Å². The maximum atomic E-state index is 12.6. The number of rotatable bonds is 4. The molecule has 2 fully saturated rings. The molecule has 1 unspecified atom stereocenters. The molecule has 4 rings (SSSR count). The Morgan fingerprint density at radius 1 is 0.964 bits per heavy atom. The minimum atomic E-state index is 0.115. The highest BCUT2D eigenvalue weighted by molar-refractivity contribution is 5.91. The van der Waals surface area contributed by atoms with Gasteiger partial charge in [0.1, 0.15) is 0 Å². The second kappa shape index (κ2) is 9.02. The molecule has 5 heteroatoms. The van der Waals surface area contributed by atoms with Crippen LogP contribution in [0, 0.1) is 0 Å². The van der Waals surface area contributed by atoms with Gasteiger partial charge in [0.25, 0.3) is 0 Å². The lowest BCUT2D eigenvalue weighted by atomic mass is 10.0. The second-order valence-electron chi connectivity index (χ2n) is 7.55. The fourth-order valence-corrected chi connectivity index (χ4v) is 4.18. The fourth-order valence-electron chi connectivity index (χ4n) is 4.18. The van der Waals surface area contributed by atoms with Crippen molar-refractivity contribution in [2.75, 3.05) is 44.2 Å². The molecule has 2 saturated heterocycles. The topological polar surface area (TPSA) is 39.7 Å². The SMILES string of the molecule is O=C(/C=C/c1ccncc1)N1CCCC(N2CCN(c3ccccc3)CC2)C1. The number of hydrogen-bond acceptors (Lipinski definition) is 4. The Labute approximate surface area is 167 Å². The number of hydrogen-bond donors (Lipinski definition) is 0. The highest BCUT2D eigenvalue weighted by Crippen LogP contribution is 2.21. The summed E-state index contributed by atoms with van der Waals surface area (Å²) in [5.41, 5.74) is 2.32. The highest BCUT2D eigenvalue weighted by Gasteiger charge is 2.29. The van der Waals surface area contributed by atoms with Crippen LogP contribution >= 0.6 is 0 Å². The smallest absolute Gasteiger partial charge is 0.246 e. The van der Waals surface area contributed by atoms with Crippen molar-refractivity contribution in [2.45, 2.75) is 18.9 Å². The average molecular weight is 377 g/mol. The molecule has 2 aromatic rings. The van der Waals surface area contributed by atoms with Gasteiger partial charge in [-0.05, 0) is 48.7 Å². The third kappa shape index (κ3) is 4.60. The van der Waals surface area contributed by atoms with Crippen LogP contribution in [-0.2, 0) is 4.79 Å². The van der Waals surface area contributed by atoms with Gasteiger partial charge in [-0.3, -0.25) is 14.7 Å². The Morgan fingerprint density at radius 2 is 1.71 bits per heavy atom. The lowest BCUT2D eigenvalue weighted by Gasteiger charge is -2.43. The number of piperidine rings is 1. The molecule has 1 atom stereocenters. The Morgan fingerprint density at radius 3 is 2.46 bits per heavy atom. The van der Waals surface area contributed by atoms with E-state index in [1.54, 1.807) is 18.5 Å². The van der Waals surface area contributed by atoms with Crippen molar-refractivity contribution in [1.82, 2.24) is 14.8 Å². The first kappa shape index (κ1) is 18.7. The minimum Gasteiger partial charge on any atom is -0.369 e.